The van der Waals surface area contributed by atoms with Gasteiger partial charge in [-0.1, -0.05) is 29.8 Å². The number of hydrogen-bond acceptors (Lipinski definition) is 4. The molecule has 3 rings (SSSR count). The molecule has 0 bridgehead atoms. The van der Waals surface area contributed by atoms with Crippen LogP contribution in [0.4, 0.5) is 0 Å². The Kier molecular flexibility index (Phi) is 5.29. The Morgan fingerprint density at radius 1 is 1.17 bits per heavy atom. The number of phenolic OH excluding ortho intramolecular Hbond substituents is 1. The van der Waals surface area contributed by atoms with Gasteiger partial charge in [0.25, 0.3) is 0 Å². The fourth-order valence-corrected chi connectivity index (χ4v) is 3.33. The average Bonchev–Trinajstić information content (AvgIpc) is 2.53. The fraction of sp³-hybridized carbons (Fsp3) is 0.368. The lowest BCUT2D eigenvalue weighted by molar-refractivity contribution is -0.0621. The molecular formula is C19H22ClNO3. The first-order valence-corrected chi connectivity index (χ1v) is 8.51. The van der Waals surface area contributed by atoms with E-state index in [1.807, 2.05) is 24.3 Å². The Hall–Kier alpha value is -1.75. The predicted molar refractivity (Wildman–Crippen MR) is 94.5 cm³/mol. The van der Waals surface area contributed by atoms with Crippen LogP contribution in [0.15, 0.2) is 48.5 Å². The number of hydrogen-bond donors (Lipinski definition) is 2. The zero-order chi connectivity index (χ0) is 17.0. The van der Waals surface area contributed by atoms with E-state index in [4.69, 9.17) is 16.3 Å². The zero-order valence-corrected chi connectivity index (χ0v) is 14.2. The average molecular weight is 348 g/mol. The standard InChI is InChI=1S/C19H22ClNO3/c20-16-5-2-7-18(11-16)24-14-19(23)8-3-9-21(13-19)12-15-4-1-6-17(22)10-15/h1-2,4-7,10-11,22-23H,3,8-9,12-14H2. The lowest BCUT2D eigenvalue weighted by atomic mass is 9.93. The molecule has 0 saturated carbocycles. The van der Waals surface area contributed by atoms with Gasteiger partial charge in [-0.2, -0.15) is 0 Å². The van der Waals surface area contributed by atoms with Gasteiger partial charge in [-0.3, -0.25) is 4.90 Å². The van der Waals surface area contributed by atoms with Crippen molar-refractivity contribution in [3.63, 3.8) is 0 Å². The highest BCUT2D eigenvalue weighted by Gasteiger charge is 2.34. The molecule has 1 aliphatic heterocycles. The number of phenols is 1. The van der Waals surface area contributed by atoms with Crippen molar-refractivity contribution in [2.75, 3.05) is 19.7 Å². The number of likely N-dealkylation sites (tertiary alicyclic amines) is 1. The summed E-state index contributed by atoms with van der Waals surface area (Å²) in [5.74, 6) is 0.935. The minimum Gasteiger partial charge on any atom is -0.508 e. The number of ether oxygens (including phenoxy) is 1. The van der Waals surface area contributed by atoms with Crippen LogP contribution in [0, 0.1) is 0 Å². The number of nitrogens with zero attached hydrogens (tertiary/aromatic N) is 1. The summed E-state index contributed by atoms with van der Waals surface area (Å²) in [4.78, 5) is 2.19. The van der Waals surface area contributed by atoms with Crippen LogP contribution in [0.25, 0.3) is 0 Å². The summed E-state index contributed by atoms with van der Waals surface area (Å²) in [5, 5.41) is 21.1. The lowest BCUT2D eigenvalue weighted by Crippen LogP contribution is -2.51. The molecule has 128 valence electrons. The summed E-state index contributed by atoms with van der Waals surface area (Å²) in [6.07, 6.45) is 1.62. The van der Waals surface area contributed by atoms with Gasteiger partial charge in [-0.05, 0) is 55.3 Å². The van der Waals surface area contributed by atoms with Crippen LogP contribution in [0.1, 0.15) is 18.4 Å². The summed E-state index contributed by atoms with van der Waals surface area (Å²) in [6, 6.07) is 14.4. The predicted octanol–water partition coefficient (Wildman–Crippen LogP) is 3.45. The smallest absolute Gasteiger partial charge is 0.120 e. The Balaban J connectivity index is 1.59. The third-order valence-electron chi connectivity index (χ3n) is 4.25. The molecule has 0 spiro atoms. The van der Waals surface area contributed by atoms with Crippen LogP contribution < -0.4 is 4.74 Å². The van der Waals surface area contributed by atoms with E-state index in [-0.39, 0.29) is 12.4 Å². The molecule has 24 heavy (non-hydrogen) atoms. The second kappa shape index (κ2) is 7.43. The van der Waals surface area contributed by atoms with E-state index in [2.05, 4.69) is 4.90 Å². The molecule has 1 unspecified atom stereocenters. The maximum Gasteiger partial charge on any atom is 0.120 e. The first kappa shape index (κ1) is 17.1. The second-order valence-corrected chi connectivity index (χ2v) is 6.89. The number of piperidine rings is 1. The molecule has 1 aliphatic rings. The second-order valence-electron chi connectivity index (χ2n) is 6.45. The minimum absolute atomic E-state index is 0.240. The molecule has 1 saturated heterocycles. The summed E-state index contributed by atoms with van der Waals surface area (Å²) >= 11 is 5.96. The Labute approximate surface area is 147 Å². The SMILES string of the molecule is Oc1cccc(CN2CCCC(O)(COc3cccc(Cl)c3)C2)c1. The maximum atomic E-state index is 10.9. The van der Waals surface area contributed by atoms with Crippen molar-refractivity contribution in [3.8, 4) is 11.5 Å². The molecule has 0 aliphatic carbocycles. The molecular weight excluding hydrogens is 326 g/mol. The highest BCUT2D eigenvalue weighted by Crippen LogP contribution is 2.25. The number of β-amino-alcohol motifs (C(OH)–C–C–N with tert-alkyl or cyclic N) is 1. The van der Waals surface area contributed by atoms with Crippen LogP contribution in [0.5, 0.6) is 11.5 Å². The first-order chi connectivity index (χ1) is 11.5. The Morgan fingerprint density at radius 3 is 2.79 bits per heavy atom. The van der Waals surface area contributed by atoms with Crippen molar-refractivity contribution in [2.24, 2.45) is 0 Å². The molecule has 0 amide bonds. The van der Waals surface area contributed by atoms with Gasteiger partial charge in [0.15, 0.2) is 0 Å². The molecule has 4 nitrogen and oxygen atoms in total. The van der Waals surface area contributed by atoms with Gasteiger partial charge >= 0.3 is 0 Å². The molecule has 0 aromatic heterocycles. The molecule has 2 N–H and O–H groups in total. The molecule has 1 fully saturated rings. The topological polar surface area (TPSA) is 52.9 Å². The summed E-state index contributed by atoms with van der Waals surface area (Å²) in [6.45, 7) is 2.41. The summed E-state index contributed by atoms with van der Waals surface area (Å²) in [7, 11) is 0. The van der Waals surface area contributed by atoms with Gasteiger partial charge in [0, 0.05) is 18.1 Å². The minimum atomic E-state index is -0.878. The van der Waals surface area contributed by atoms with Gasteiger partial charge < -0.3 is 14.9 Å². The quantitative estimate of drug-likeness (QED) is 0.869. The molecule has 2 aromatic rings. The third-order valence-corrected chi connectivity index (χ3v) is 4.49. The van der Waals surface area contributed by atoms with Gasteiger partial charge in [0.2, 0.25) is 0 Å². The number of benzene rings is 2. The van der Waals surface area contributed by atoms with Crippen molar-refractivity contribution in [2.45, 2.75) is 25.0 Å². The Bertz CT molecular complexity index is 694. The third kappa shape index (κ3) is 4.63. The lowest BCUT2D eigenvalue weighted by Gasteiger charge is -2.39. The molecule has 0 radical (unpaired) electrons. The first-order valence-electron chi connectivity index (χ1n) is 8.13. The van der Waals surface area contributed by atoms with Crippen molar-refractivity contribution in [1.29, 1.82) is 0 Å². The van der Waals surface area contributed by atoms with Crippen molar-refractivity contribution in [3.05, 3.63) is 59.1 Å². The van der Waals surface area contributed by atoms with E-state index >= 15 is 0 Å². The van der Waals surface area contributed by atoms with Crippen LogP contribution >= 0.6 is 11.6 Å². The summed E-state index contributed by atoms with van der Waals surface area (Å²) in [5.41, 5.74) is 0.159. The van der Waals surface area contributed by atoms with Crippen LogP contribution in [0.3, 0.4) is 0 Å². The normalized spacial score (nSPS) is 21.6. The zero-order valence-electron chi connectivity index (χ0n) is 13.5. The fourth-order valence-electron chi connectivity index (χ4n) is 3.15. The largest absolute Gasteiger partial charge is 0.508 e. The number of halogens is 1. The van der Waals surface area contributed by atoms with Gasteiger partial charge in [-0.25, -0.2) is 0 Å². The molecule has 2 aromatic carbocycles. The van der Waals surface area contributed by atoms with Gasteiger partial charge in [-0.15, -0.1) is 0 Å². The number of aliphatic hydroxyl groups is 1. The highest BCUT2D eigenvalue weighted by atomic mass is 35.5. The maximum absolute atomic E-state index is 10.9. The van der Waals surface area contributed by atoms with E-state index < -0.39 is 5.60 Å². The van der Waals surface area contributed by atoms with Crippen LogP contribution in [0.2, 0.25) is 5.02 Å². The Morgan fingerprint density at radius 2 is 2.00 bits per heavy atom. The summed E-state index contributed by atoms with van der Waals surface area (Å²) < 4.78 is 5.75. The van der Waals surface area contributed by atoms with Gasteiger partial charge in [0.05, 0.1) is 0 Å². The van der Waals surface area contributed by atoms with E-state index in [1.165, 1.54) is 0 Å². The van der Waals surface area contributed by atoms with Crippen molar-refractivity contribution in [1.82, 2.24) is 4.90 Å². The van der Waals surface area contributed by atoms with E-state index in [1.54, 1.807) is 24.3 Å². The van der Waals surface area contributed by atoms with Crippen LogP contribution in [-0.2, 0) is 6.54 Å². The molecule has 1 atom stereocenters. The van der Waals surface area contributed by atoms with E-state index in [9.17, 15) is 10.2 Å². The molecule has 1 heterocycles. The molecule has 5 heteroatoms. The van der Waals surface area contributed by atoms with Crippen molar-refractivity contribution < 1.29 is 14.9 Å². The van der Waals surface area contributed by atoms with Crippen LogP contribution in [-0.4, -0.2) is 40.4 Å². The number of rotatable bonds is 5. The van der Waals surface area contributed by atoms with Crippen molar-refractivity contribution >= 4 is 11.6 Å². The highest BCUT2D eigenvalue weighted by molar-refractivity contribution is 6.30. The van der Waals surface area contributed by atoms with Gasteiger partial charge in [0.1, 0.15) is 23.7 Å². The number of aromatic hydroxyl groups is 1. The van der Waals surface area contributed by atoms with E-state index in [0.717, 1.165) is 18.5 Å². The monoisotopic (exact) mass is 347 g/mol. The van der Waals surface area contributed by atoms with E-state index in [0.29, 0.717) is 30.3 Å².